The normalized spacial score (nSPS) is 12.2. The van der Waals surface area contributed by atoms with Gasteiger partial charge in [0, 0.05) is 9.75 Å². The summed E-state index contributed by atoms with van der Waals surface area (Å²) in [5, 5.41) is 0. The Hall–Kier alpha value is -1.34. The predicted molar refractivity (Wildman–Crippen MR) is 82.2 cm³/mol. The monoisotopic (exact) mass is 256 g/mol. The minimum atomic E-state index is 0.260. The molecule has 0 radical (unpaired) electrons. The molecule has 0 unspecified atom stereocenters. The summed E-state index contributed by atoms with van der Waals surface area (Å²) in [4.78, 5) is 2.79. The van der Waals surface area contributed by atoms with Crippen molar-refractivity contribution >= 4 is 17.4 Å². The molecule has 0 atom stereocenters. The molecular weight excluding hydrogens is 236 g/mol. The lowest BCUT2D eigenvalue weighted by molar-refractivity contribution is 0.604. The van der Waals surface area contributed by atoms with E-state index in [1.54, 1.807) is 0 Å². The topological polar surface area (TPSA) is 0 Å². The highest BCUT2D eigenvalue weighted by molar-refractivity contribution is 7.13. The van der Waals surface area contributed by atoms with Crippen molar-refractivity contribution < 1.29 is 0 Å². The van der Waals surface area contributed by atoms with Gasteiger partial charge in [-0.3, -0.25) is 0 Å². The van der Waals surface area contributed by atoms with Crippen LogP contribution in [-0.4, -0.2) is 0 Å². The van der Waals surface area contributed by atoms with Crippen LogP contribution < -0.4 is 0 Å². The van der Waals surface area contributed by atoms with Crippen LogP contribution in [0.2, 0.25) is 0 Å². The molecule has 0 bridgehead atoms. The molecule has 94 valence electrons. The van der Waals surface area contributed by atoms with Gasteiger partial charge in [-0.25, -0.2) is 0 Å². The van der Waals surface area contributed by atoms with Gasteiger partial charge in [-0.05, 0) is 35.6 Å². The van der Waals surface area contributed by atoms with E-state index in [0.717, 1.165) is 6.42 Å². The second-order valence-electron chi connectivity index (χ2n) is 5.54. The van der Waals surface area contributed by atoms with Crippen molar-refractivity contribution in [3.05, 3.63) is 63.9 Å². The van der Waals surface area contributed by atoms with E-state index in [0.29, 0.717) is 0 Å². The summed E-state index contributed by atoms with van der Waals surface area (Å²) in [6, 6.07) is 15.0. The van der Waals surface area contributed by atoms with E-state index in [-0.39, 0.29) is 5.41 Å². The van der Waals surface area contributed by atoms with Crippen molar-refractivity contribution in [2.75, 3.05) is 0 Å². The Bertz CT molecular complexity index is 512. The van der Waals surface area contributed by atoms with Crippen molar-refractivity contribution in [1.82, 2.24) is 0 Å². The largest absolute Gasteiger partial charge is 0.140 e. The van der Waals surface area contributed by atoms with Crippen molar-refractivity contribution in [3.8, 4) is 0 Å². The fourth-order valence-electron chi connectivity index (χ4n) is 1.77. The molecule has 0 amide bonds. The maximum absolute atomic E-state index is 2.26. The second-order valence-corrected chi connectivity index (χ2v) is 6.66. The van der Waals surface area contributed by atoms with Gasteiger partial charge in [0.05, 0.1) is 0 Å². The highest BCUT2D eigenvalue weighted by atomic mass is 32.1. The fourth-order valence-corrected chi connectivity index (χ4v) is 2.77. The zero-order valence-electron chi connectivity index (χ0n) is 11.3. The van der Waals surface area contributed by atoms with Crippen molar-refractivity contribution in [1.29, 1.82) is 0 Å². The molecule has 0 aliphatic rings. The third-order valence-corrected chi connectivity index (χ3v) is 4.32. The minimum Gasteiger partial charge on any atom is -0.140 e. The summed E-state index contributed by atoms with van der Waals surface area (Å²) in [6.07, 6.45) is 5.48. The van der Waals surface area contributed by atoms with Crippen LogP contribution in [0.25, 0.3) is 6.08 Å². The summed E-state index contributed by atoms with van der Waals surface area (Å²) >= 11 is 1.89. The number of thiophene rings is 1. The lowest BCUT2D eigenvalue weighted by atomic mass is 9.95. The van der Waals surface area contributed by atoms with Gasteiger partial charge in [0.15, 0.2) is 0 Å². The standard InChI is InChI=1S/C17H20S/c1-17(2,3)16-13-12-15(18-16)11-7-10-14-8-5-4-6-9-14/h4-9,11-13H,10H2,1-3H3/b11-7+. The molecule has 0 aliphatic carbocycles. The third-order valence-electron chi connectivity index (χ3n) is 2.84. The first-order chi connectivity index (χ1) is 8.55. The van der Waals surface area contributed by atoms with E-state index < -0.39 is 0 Å². The van der Waals surface area contributed by atoms with Crippen LogP contribution >= 0.6 is 11.3 Å². The highest BCUT2D eigenvalue weighted by Gasteiger charge is 2.15. The molecular formula is C17H20S. The summed E-state index contributed by atoms with van der Waals surface area (Å²) in [6.45, 7) is 6.78. The van der Waals surface area contributed by atoms with E-state index in [1.807, 2.05) is 11.3 Å². The zero-order valence-corrected chi connectivity index (χ0v) is 12.1. The molecule has 0 saturated carbocycles. The zero-order chi connectivity index (χ0) is 13.0. The Morgan fingerprint density at radius 3 is 2.33 bits per heavy atom. The number of hydrogen-bond donors (Lipinski definition) is 0. The molecule has 0 aliphatic heterocycles. The molecule has 2 rings (SSSR count). The van der Waals surface area contributed by atoms with Crippen LogP contribution in [0.1, 0.15) is 36.1 Å². The predicted octanol–water partition coefficient (Wildman–Crippen LogP) is 5.30. The van der Waals surface area contributed by atoms with Gasteiger partial charge < -0.3 is 0 Å². The first kappa shape index (κ1) is 13.1. The Morgan fingerprint density at radius 2 is 1.72 bits per heavy atom. The quantitative estimate of drug-likeness (QED) is 0.699. The Balaban J connectivity index is 2.00. The smallest absolute Gasteiger partial charge is 0.0270 e. The Labute approximate surface area is 114 Å². The molecule has 0 fully saturated rings. The molecule has 0 saturated heterocycles. The van der Waals surface area contributed by atoms with Gasteiger partial charge in [-0.15, -0.1) is 11.3 Å². The van der Waals surface area contributed by atoms with Gasteiger partial charge in [-0.2, -0.15) is 0 Å². The van der Waals surface area contributed by atoms with E-state index in [2.05, 4.69) is 75.4 Å². The van der Waals surface area contributed by atoms with Gasteiger partial charge in [0.25, 0.3) is 0 Å². The van der Waals surface area contributed by atoms with Crippen LogP contribution in [0.4, 0.5) is 0 Å². The highest BCUT2D eigenvalue weighted by Crippen LogP contribution is 2.30. The molecule has 1 aromatic carbocycles. The third kappa shape index (κ3) is 3.58. The lowest BCUT2D eigenvalue weighted by Crippen LogP contribution is -2.07. The average molecular weight is 256 g/mol. The Kier molecular flexibility index (Phi) is 4.03. The fraction of sp³-hybridized carbons (Fsp3) is 0.294. The minimum absolute atomic E-state index is 0.260. The van der Waals surface area contributed by atoms with Crippen LogP contribution in [0.15, 0.2) is 48.5 Å². The van der Waals surface area contributed by atoms with Gasteiger partial charge in [-0.1, -0.05) is 57.2 Å². The maximum atomic E-state index is 2.26. The molecule has 18 heavy (non-hydrogen) atoms. The van der Waals surface area contributed by atoms with E-state index in [9.17, 15) is 0 Å². The molecule has 0 N–H and O–H groups in total. The molecule has 0 nitrogen and oxygen atoms in total. The molecule has 0 spiro atoms. The Morgan fingerprint density at radius 1 is 1.00 bits per heavy atom. The van der Waals surface area contributed by atoms with Crippen molar-refractivity contribution in [2.24, 2.45) is 0 Å². The van der Waals surface area contributed by atoms with Gasteiger partial charge >= 0.3 is 0 Å². The van der Waals surface area contributed by atoms with Crippen LogP contribution in [0, 0.1) is 0 Å². The van der Waals surface area contributed by atoms with Gasteiger partial charge in [0.1, 0.15) is 0 Å². The second kappa shape index (κ2) is 5.53. The molecule has 1 heteroatoms. The van der Waals surface area contributed by atoms with Crippen LogP contribution in [-0.2, 0) is 11.8 Å². The molecule has 2 aromatic rings. The summed E-state index contributed by atoms with van der Waals surface area (Å²) < 4.78 is 0. The first-order valence-electron chi connectivity index (χ1n) is 6.36. The van der Waals surface area contributed by atoms with Gasteiger partial charge in [0.2, 0.25) is 0 Å². The molecule has 1 aromatic heterocycles. The first-order valence-corrected chi connectivity index (χ1v) is 7.18. The lowest BCUT2D eigenvalue weighted by Gasteiger charge is -2.15. The maximum Gasteiger partial charge on any atom is 0.0270 e. The van der Waals surface area contributed by atoms with Crippen molar-refractivity contribution in [2.45, 2.75) is 32.6 Å². The number of hydrogen-bond acceptors (Lipinski definition) is 1. The SMILES string of the molecule is CC(C)(C)c1ccc(/C=C/Cc2ccccc2)s1. The van der Waals surface area contributed by atoms with E-state index in [1.165, 1.54) is 15.3 Å². The van der Waals surface area contributed by atoms with Crippen LogP contribution in [0.3, 0.4) is 0 Å². The summed E-state index contributed by atoms with van der Waals surface area (Å²) in [5.41, 5.74) is 1.62. The molecule has 1 heterocycles. The van der Waals surface area contributed by atoms with E-state index >= 15 is 0 Å². The number of benzene rings is 1. The number of allylic oxidation sites excluding steroid dienone is 1. The van der Waals surface area contributed by atoms with E-state index in [4.69, 9.17) is 0 Å². The average Bonchev–Trinajstić information content (AvgIpc) is 2.79. The van der Waals surface area contributed by atoms with Crippen molar-refractivity contribution in [3.63, 3.8) is 0 Å². The number of rotatable bonds is 3. The summed E-state index contributed by atoms with van der Waals surface area (Å²) in [7, 11) is 0. The summed E-state index contributed by atoms with van der Waals surface area (Å²) in [5.74, 6) is 0. The van der Waals surface area contributed by atoms with Crippen LogP contribution in [0.5, 0.6) is 0 Å².